The van der Waals surface area contributed by atoms with Gasteiger partial charge in [-0.05, 0) is 30.2 Å². The van der Waals surface area contributed by atoms with Crippen LogP contribution in [0, 0.1) is 0 Å². The fraction of sp³-hybridized carbons (Fsp3) is 0.333. The third-order valence-corrected chi connectivity index (χ3v) is 3.41. The standard InChI is InChI=1S/C15H14F3N3O3/c16-15(17,18)13-4-6-21(20-13)8-14(22)19-5-3-10-1-2-11-12(7-10)24-9-23-11/h1-2,4,6-7H,3,5,8-9H2,(H,19,22). The number of carbonyl (C=O) groups is 1. The maximum Gasteiger partial charge on any atom is 0.435 e. The average molecular weight is 341 g/mol. The summed E-state index contributed by atoms with van der Waals surface area (Å²) in [6, 6.07) is 6.32. The number of fused-ring (bicyclic) bond motifs is 1. The largest absolute Gasteiger partial charge is 0.454 e. The molecule has 1 aromatic heterocycles. The van der Waals surface area contributed by atoms with Gasteiger partial charge in [-0.3, -0.25) is 9.48 Å². The second-order valence-electron chi connectivity index (χ2n) is 5.18. The predicted molar refractivity (Wildman–Crippen MR) is 76.5 cm³/mol. The van der Waals surface area contributed by atoms with Gasteiger partial charge in [0, 0.05) is 12.7 Å². The van der Waals surface area contributed by atoms with Gasteiger partial charge in [0.15, 0.2) is 17.2 Å². The molecule has 1 amide bonds. The van der Waals surface area contributed by atoms with Crippen LogP contribution in [0.25, 0.3) is 0 Å². The second-order valence-corrected chi connectivity index (χ2v) is 5.18. The van der Waals surface area contributed by atoms with Gasteiger partial charge in [0.25, 0.3) is 0 Å². The van der Waals surface area contributed by atoms with E-state index in [1.54, 1.807) is 6.07 Å². The van der Waals surface area contributed by atoms with Crippen molar-refractivity contribution < 1.29 is 27.4 Å². The van der Waals surface area contributed by atoms with Gasteiger partial charge in [-0.1, -0.05) is 6.07 Å². The number of alkyl halides is 3. The number of carbonyl (C=O) groups excluding carboxylic acids is 1. The second kappa shape index (κ2) is 6.42. The van der Waals surface area contributed by atoms with E-state index in [-0.39, 0.29) is 13.3 Å². The van der Waals surface area contributed by atoms with Crippen LogP contribution >= 0.6 is 0 Å². The lowest BCUT2D eigenvalue weighted by Gasteiger charge is -2.06. The minimum Gasteiger partial charge on any atom is -0.454 e. The molecule has 0 spiro atoms. The van der Waals surface area contributed by atoms with Crippen LogP contribution in [0.1, 0.15) is 11.3 Å². The number of nitrogens with one attached hydrogen (secondary N) is 1. The molecule has 0 bridgehead atoms. The zero-order valence-electron chi connectivity index (χ0n) is 12.5. The van der Waals surface area contributed by atoms with Gasteiger partial charge in [0.2, 0.25) is 12.7 Å². The van der Waals surface area contributed by atoms with Gasteiger partial charge in [-0.15, -0.1) is 0 Å². The van der Waals surface area contributed by atoms with Gasteiger partial charge in [-0.2, -0.15) is 18.3 Å². The fourth-order valence-corrected chi connectivity index (χ4v) is 2.25. The Balaban J connectivity index is 1.47. The van der Waals surface area contributed by atoms with Crippen LogP contribution in [0.3, 0.4) is 0 Å². The Labute approximate surface area is 135 Å². The molecular weight excluding hydrogens is 327 g/mol. The number of amides is 1. The van der Waals surface area contributed by atoms with Gasteiger partial charge < -0.3 is 14.8 Å². The van der Waals surface area contributed by atoms with Crippen molar-refractivity contribution in [1.29, 1.82) is 0 Å². The van der Waals surface area contributed by atoms with Crippen molar-refractivity contribution in [2.45, 2.75) is 19.1 Å². The molecule has 6 nitrogen and oxygen atoms in total. The quantitative estimate of drug-likeness (QED) is 0.903. The summed E-state index contributed by atoms with van der Waals surface area (Å²) in [5, 5.41) is 5.97. The number of hydrogen-bond donors (Lipinski definition) is 1. The summed E-state index contributed by atoms with van der Waals surface area (Å²) in [6.07, 6.45) is -2.82. The van der Waals surface area contributed by atoms with Crippen LogP contribution in [0.2, 0.25) is 0 Å². The van der Waals surface area contributed by atoms with E-state index in [1.807, 2.05) is 12.1 Å². The highest BCUT2D eigenvalue weighted by atomic mass is 19.4. The smallest absolute Gasteiger partial charge is 0.435 e. The number of ether oxygens (including phenoxy) is 2. The Kier molecular flexibility index (Phi) is 4.32. The average Bonchev–Trinajstić information content (AvgIpc) is 3.15. The Morgan fingerprint density at radius 2 is 2.04 bits per heavy atom. The Hall–Kier alpha value is -2.71. The van der Waals surface area contributed by atoms with Crippen LogP contribution < -0.4 is 14.8 Å². The minimum absolute atomic E-state index is 0.194. The molecule has 1 N–H and O–H groups in total. The first kappa shape index (κ1) is 16.2. The third-order valence-electron chi connectivity index (χ3n) is 3.41. The van der Waals surface area contributed by atoms with Crippen LogP contribution in [0.5, 0.6) is 11.5 Å². The monoisotopic (exact) mass is 341 g/mol. The number of benzene rings is 1. The van der Waals surface area contributed by atoms with Crippen molar-refractivity contribution in [2.24, 2.45) is 0 Å². The van der Waals surface area contributed by atoms with Crippen LogP contribution in [-0.2, 0) is 23.9 Å². The molecule has 0 radical (unpaired) electrons. The lowest BCUT2D eigenvalue weighted by molar-refractivity contribution is -0.141. The number of nitrogens with zero attached hydrogens (tertiary/aromatic N) is 2. The molecule has 9 heteroatoms. The topological polar surface area (TPSA) is 65.4 Å². The normalized spacial score (nSPS) is 13.1. The lowest BCUT2D eigenvalue weighted by Crippen LogP contribution is -2.29. The summed E-state index contributed by atoms with van der Waals surface area (Å²) in [7, 11) is 0. The zero-order chi connectivity index (χ0) is 17.2. The molecule has 0 saturated heterocycles. The third kappa shape index (κ3) is 3.79. The van der Waals surface area contributed by atoms with Crippen molar-refractivity contribution in [3.63, 3.8) is 0 Å². The van der Waals surface area contributed by atoms with Crippen LogP contribution in [-0.4, -0.2) is 29.0 Å². The fourth-order valence-electron chi connectivity index (χ4n) is 2.25. The molecule has 24 heavy (non-hydrogen) atoms. The summed E-state index contributed by atoms with van der Waals surface area (Å²) in [6.45, 7) is 0.280. The maximum atomic E-state index is 12.4. The first-order chi connectivity index (χ1) is 11.4. The van der Waals surface area contributed by atoms with Gasteiger partial charge in [-0.25, -0.2) is 0 Å². The number of rotatable bonds is 5. The van der Waals surface area contributed by atoms with E-state index in [9.17, 15) is 18.0 Å². The van der Waals surface area contributed by atoms with Gasteiger partial charge >= 0.3 is 6.18 Å². The highest BCUT2D eigenvalue weighted by Crippen LogP contribution is 2.32. The summed E-state index contributed by atoms with van der Waals surface area (Å²) >= 11 is 0. The number of aromatic nitrogens is 2. The molecule has 128 valence electrons. The van der Waals surface area contributed by atoms with Crippen molar-refractivity contribution in [2.75, 3.05) is 13.3 Å². The highest BCUT2D eigenvalue weighted by molar-refractivity contribution is 5.75. The van der Waals surface area contributed by atoms with Crippen molar-refractivity contribution >= 4 is 5.91 Å². The lowest BCUT2D eigenvalue weighted by atomic mass is 10.1. The van der Waals surface area contributed by atoms with Crippen molar-refractivity contribution in [1.82, 2.24) is 15.1 Å². The molecule has 2 aromatic rings. The molecule has 1 aliphatic heterocycles. The summed E-state index contributed by atoms with van der Waals surface area (Å²) in [5.41, 5.74) is -0.0614. The Morgan fingerprint density at radius 1 is 1.25 bits per heavy atom. The van der Waals surface area contributed by atoms with E-state index in [2.05, 4.69) is 10.4 Å². The molecule has 0 atom stereocenters. The number of halogens is 3. The molecule has 0 unspecified atom stereocenters. The predicted octanol–water partition coefficient (Wildman–Crippen LogP) is 1.99. The zero-order valence-corrected chi connectivity index (χ0v) is 12.5. The minimum atomic E-state index is -4.51. The Bertz CT molecular complexity index is 743. The summed E-state index contributed by atoms with van der Waals surface area (Å²) < 4.78 is 48.7. The summed E-state index contributed by atoms with van der Waals surface area (Å²) in [5.74, 6) is 0.935. The Morgan fingerprint density at radius 3 is 2.79 bits per heavy atom. The van der Waals surface area contributed by atoms with E-state index >= 15 is 0 Å². The SMILES string of the molecule is O=C(Cn1ccc(C(F)(F)F)n1)NCCc1ccc2c(c1)OCO2. The van der Waals surface area contributed by atoms with E-state index in [0.717, 1.165) is 22.5 Å². The van der Waals surface area contributed by atoms with Crippen LogP contribution in [0.4, 0.5) is 13.2 Å². The molecule has 0 saturated carbocycles. The van der Waals surface area contributed by atoms with E-state index in [4.69, 9.17) is 9.47 Å². The molecule has 1 aromatic carbocycles. The van der Waals surface area contributed by atoms with Crippen molar-refractivity contribution in [3.05, 3.63) is 41.7 Å². The van der Waals surface area contributed by atoms with E-state index < -0.39 is 17.8 Å². The first-order valence-electron chi connectivity index (χ1n) is 7.18. The molecule has 2 heterocycles. The first-order valence-corrected chi connectivity index (χ1v) is 7.18. The maximum absolute atomic E-state index is 12.4. The molecule has 0 fully saturated rings. The highest BCUT2D eigenvalue weighted by Gasteiger charge is 2.33. The molecule has 3 rings (SSSR count). The van der Waals surface area contributed by atoms with Gasteiger partial charge in [0.1, 0.15) is 6.54 Å². The molecular formula is C15H14F3N3O3. The van der Waals surface area contributed by atoms with Crippen LogP contribution in [0.15, 0.2) is 30.5 Å². The van der Waals surface area contributed by atoms with Gasteiger partial charge in [0.05, 0.1) is 0 Å². The molecule has 1 aliphatic rings. The van der Waals surface area contributed by atoms with E-state index in [1.165, 1.54) is 0 Å². The summed E-state index contributed by atoms with van der Waals surface area (Å²) in [4.78, 5) is 11.8. The van der Waals surface area contributed by atoms with Crippen molar-refractivity contribution in [3.8, 4) is 11.5 Å². The molecule has 0 aliphatic carbocycles. The number of hydrogen-bond acceptors (Lipinski definition) is 4. The van der Waals surface area contributed by atoms with E-state index in [0.29, 0.717) is 24.5 Å².